The normalized spacial score (nSPS) is 10.5. The van der Waals surface area contributed by atoms with Gasteiger partial charge < -0.3 is 10.6 Å². The van der Waals surface area contributed by atoms with Gasteiger partial charge >= 0.3 is 6.03 Å². The van der Waals surface area contributed by atoms with Crippen molar-refractivity contribution >= 4 is 29.0 Å². The van der Waals surface area contributed by atoms with E-state index in [1.807, 2.05) is 12.1 Å². The molecule has 0 spiro atoms. The molecule has 7 heteroatoms. The van der Waals surface area contributed by atoms with Gasteiger partial charge in [-0.2, -0.15) is 5.10 Å². The fourth-order valence-corrected chi connectivity index (χ4v) is 2.33. The fraction of sp³-hybridized carbons (Fsp3) is 0.0588. The molecule has 2 aromatic carbocycles. The molecule has 122 valence electrons. The van der Waals surface area contributed by atoms with E-state index in [1.54, 1.807) is 19.1 Å². The highest BCUT2D eigenvalue weighted by Crippen LogP contribution is 2.29. The van der Waals surface area contributed by atoms with Crippen LogP contribution in [0.15, 0.2) is 48.5 Å². The number of aromatic amines is 1. The highest BCUT2D eigenvalue weighted by atomic mass is 35.5. The summed E-state index contributed by atoms with van der Waals surface area (Å²) in [6, 6.07) is 12.2. The first-order valence-corrected chi connectivity index (χ1v) is 7.55. The largest absolute Gasteiger partial charge is 0.323 e. The van der Waals surface area contributed by atoms with E-state index in [0.29, 0.717) is 27.8 Å². The van der Waals surface area contributed by atoms with Crippen LogP contribution in [-0.4, -0.2) is 16.2 Å². The number of benzene rings is 2. The van der Waals surface area contributed by atoms with Crippen molar-refractivity contribution in [1.82, 2.24) is 10.2 Å². The van der Waals surface area contributed by atoms with Gasteiger partial charge in [0.25, 0.3) is 0 Å². The van der Waals surface area contributed by atoms with Gasteiger partial charge in [0.1, 0.15) is 11.5 Å². The summed E-state index contributed by atoms with van der Waals surface area (Å²) in [4.78, 5) is 12.2. The second-order valence-corrected chi connectivity index (χ2v) is 5.60. The van der Waals surface area contributed by atoms with E-state index < -0.39 is 6.03 Å². The highest BCUT2D eigenvalue weighted by Gasteiger charge is 2.15. The van der Waals surface area contributed by atoms with E-state index in [-0.39, 0.29) is 5.82 Å². The van der Waals surface area contributed by atoms with E-state index in [0.717, 1.165) is 5.56 Å². The van der Waals surface area contributed by atoms with E-state index in [9.17, 15) is 9.18 Å². The van der Waals surface area contributed by atoms with Crippen molar-refractivity contribution in [3.63, 3.8) is 0 Å². The van der Waals surface area contributed by atoms with Crippen molar-refractivity contribution in [2.45, 2.75) is 6.92 Å². The Kier molecular flexibility index (Phi) is 4.48. The second-order valence-electron chi connectivity index (χ2n) is 5.17. The Hall–Kier alpha value is -2.86. The summed E-state index contributed by atoms with van der Waals surface area (Å²) in [5.74, 6) is -0.364. The van der Waals surface area contributed by atoms with Crippen molar-refractivity contribution in [2.75, 3.05) is 10.6 Å². The molecule has 24 heavy (non-hydrogen) atoms. The second kappa shape index (κ2) is 6.72. The molecule has 3 aromatic rings. The smallest absolute Gasteiger partial charge is 0.308 e. The van der Waals surface area contributed by atoms with Gasteiger partial charge in [-0.1, -0.05) is 23.7 Å². The van der Waals surface area contributed by atoms with Crippen molar-refractivity contribution in [3.8, 4) is 11.3 Å². The Labute approximate surface area is 142 Å². The number of nitrogens with zero attached hydrogens (tertiary/aromatic N) is 1. The lowest BCUT2D eigenvalue weighted by atomic mass is 10.1. The first-order valence-electron chi connectivity index (χ1n) is 7.17. The Bertz CT molecular complexity index is 859. The number of hydrogen-bond acceptors (Lipinski definition) is 2. The van der Waals surface area contributed by atoms with Gasteiger partial charge in [0.15, 0.2) is 0 Å². The number of halogens is 2. The number of carbonyl (C=O) groups excluding carboxylic acids is 1. The number of amides is 2. The maximum atomic E-state index is 12.9. The topological polar surface area (TPSA) is 69.8 Å². The maximum absolute atomic E-state index is 12.9. The molecule has 0 unspecified atom stereocenters. The molecule has 0 fully saturated rings. The summed E-state index contributed by atoms with van der Waals surface area (Å²) in [7, 11) is 0. The monoisotopic (exact) mass is 344 g/mol. The molecule has 0 aliphatic rings. The molecule has 1 aromatic heterocycles. The Morgan fingerprint density at radius 2 is 1.75 bits per heavy atom. The Morgan fingerprint density at radius 1 is 1.08 bits per heavy atom. The number of H-pyrrole nitrogens is 1. The lowest BCUT2D eigenvalue weighted by molar-refractivity contribution is 0.262. The lowest BCUT2D eigenvalue weighted by Crippen LogP contribution is -2.20. The predicted octanol–water partition coefficient (Wildman–Crippen LogP) is 4.82. The van der Waals surface area contributed by atoms with Gasteiger partial charge in [0.2, 0.25) is 0 Å². The van der Waals surface area contributed by atoms with Crippen LogP contribution in [0.5, 0.6) is 0 Å². The van der Waals surface area contributed by atoms with Gasteiger partial charge in [-0.15, -0.1) is 0 Å². The molecule has 2 amide bonds. The molecule has 0 aliphatic heterocycles. The third-order valence-corrected chi connectivity index (χ3v) is 3.66. The molecule has 1 heterocycles. The lowest BCUT2D eigenvalue weighted by Gasteiger charge is -2.09. The number of nitrogens with one attached hydrogen (secondary N) is 3. The third kappa shape index (κ3) is 3.55. The first-order chi connectivity index (χ1) is 11.5. The molecular formula is C17H14ClFN4O. The SMILES string of the molecule is Cc1[nH]nc(-c2ccc(Cl)cc2)c1NC(=O)Nc1ccc(F)cc1. The van der Waals surface area contributed by atoms with Crippen molar-refractivity contribution < 1.29 is 9.18 Å². The number of urea groups is 1. The minimum Gasteiger partial charge on any atom is -0.308 e. The molecule has 0 bridgehead atoms. The minimum absolute atomic E-state index is 0.364. The number of anilines is 2. The fourth-order valence-electron chi connectivity index (χ4n) is 2.21. The van der Waals surface area contributed by atoms with Crippen LogP contribution in [0.1, 0.15) is 5.69 Å². The summed E-state index contributed by atoms with van der Waals surface area (Å²) in [6.45, 7) is 1.81. The molecular weight excluding hydrogens is 331 g/mol. The standard InChI is InChI=1S/C17H14ClFN4O/c1-10-15(16(23-22-10)11-2-4-12(18)5-3-11)21-17(24)20-14-8-6-13(19)7-9-14/h2-9H,1H3,(H,22,23)(H2,20,21,24). The molecule has 0 saturated heterocycles. The van der Waals surface area contributed by atoms with Gasteiger partial charge in [-0.05, 0) is 43.3 Å². The first kappa shape index (κ1) is 16.0. The Morgan fingerprint density at radius 3 is 2.42 bits per heavy atom. The molecule has 0 atom stereocenters. The summed E-state index contributed by atoms with van der Waals surface area (Å²) < 4.78 is 12.9. The van der Waals surface area contributed by atoms with E-state index in [2.05, 4.69) is 20.8 Å². The van der Waals surface area contributed by atoms with Crippen molar-refractivity contribution in [3.05, 3.63) is 65.1 Å². The van der Waals surface area contributed by atoms with Crippen LogP contribution >= 0.6 is 11.6 Å². The third-order valence-electron chi connectivity index (χ3n) is 3.41. The average molecular weight is 345 g/mol. The zero-order chi connectivity index (χ0) is 17.1. The van der Waals surface area contributed by atoms with E-state index >= 15 is 0 Å². The van der Waals surface area contributed by atoms with Crippen molar-refractivity contribution in [2.24, 2.45) is 0 Å². The maximum Gasteiger partial charge on any atom is 0.323 e. The molecule has 5 nitrogen and oxygen atoms in total. The van der Waals surface area contributed by atoms with Gasteiger partial charge in [-0.25, -0.2) is 9.18 Å². The number of hydrogen-bond donors (Lipinski definition) is 3. The molecule has 0 radical (unpaired) electrons. The Balaban J connectivity index is 1.79. The minimum atomic E-state index is -0.443. The summed E-state index contributed by atoms with van der Waals surface area (Å²) in [5, 5.41) is 13.1. The molecule has 0 aliphatic carbocycles. The summed E-state index contributed by atoms with van der Waals surface area (Å²) >= 11 is 5.90. The molecule has 0 saturated carbocycles. The quantitative estimate of drug-likeness (QED) is 0.637. The van der Waals surface area contributed by atoms with E-state index in [4.69, 9.17) is 11.6 Å². The van der Waals surface area contributed by atoms with Gasteiger partial charge in [-0.3, -0.25) is 5.10 Å². The van der Waals surface area contributed by atoms with Crippen LogP contribution in [0, 0.1) is 12.7 Å². The molecule has 3 N–H and O–H groups in total. The van der Waals surface area contributed by atoms with Crippen LogP contribution in [0.3, 0.4) is 0 Å². The number of rotatable bonds is 3. The summed E-state index contributed by atoms with van der Waals surface area (Å²) in [5.41, 5.74) is 3.20. The van der Waals surface area contributed by atoms with E-state index in [1.165, 1.54) is 24.3 Å². The predicted molar refractivity (Wildman–Crippen MR) is 92.8 cm³/mol. The number of aromatic nitrogens is 2. The van der Waals surface area contributed by atoms with Crippen LogP contribution in [0.4, 0.5) is 20.6 Å². The van der Waals surface area contributed by atoms with Crippen LogP contribution < -0.4 is 10.6 Å². The average Bonchev–Trinajstić information content (AvgIpc) is 2.91. The zero-order valence-corrected chi connectivity index (χ0v) is 13.5. The number of carbonyl (C=O) groups is 1. The highest BCUT2D eigenvalue weighted by molar-refractivity contribution is 6.30. The molecule has 3 rings (SSSR count). The summed E-state index contributed by atoms with van der Waals surface area (Å²) in [6.07, 6.45) is 0. The van der Waals surface area contributed by atoms with Gasteiger partial charge in [0.05, 0.1) is 11.4 Å². The zero-order valence-electron chi connectivity index (χ0n) is 12.7. The van der Waals surface area contributed by atoms with Gasteiger partial charge in [0, 0.05) is 16.3 Å². The van der Waals surface area contributed by atoms with Crippen LogP contribution in [0.25, 0.3) is 11.3 Å². The van der Waals surface area contributed by atoms with Crippen LogP contribution in [0.2, 0.25) is 5.02 Å². The van der Waals surface area contributed by atoms with Crippen LogP contribution in [-0.2, 0) is 0 Å². The van der Waals surface area contributed by atoms with Crippen molar-refractivity contribution in [1.29, 1.82) is 0 Å². The number of aryl methyl sites for hydroxylation is 1.